The standard InChI is InChI=1S/C8H7F7O2/c1-4(7(10,11)12)16-6(3,8(13,14)15)17-5(2)9/h1-2H2,3H3. The molecule has 0 radical (unpaired) electrons. The molecule has 0 saturated carbocycles. The Kier molecular flexibility index (Phi) is 4.09. The van der Waals surface area contributed by atoms with Crippen LogP contribution < -0.4 is 0 Å². The molecule has 0 aromatic heterocycles. The van der Waals surface area contributed by atoms with Crippen molar-refractivity contribution in [2.75, 3.05) is 0 Å². The van der Waals surface area contributed by atoms with Crippen molar-refractivity contribution in [2.24, 2.45) is 0 Å². The highest BCUT2D eigenvalue weighted by Crippen LogP contribution is 2.40. The second-order valence-electron chi connectivity index (χ2n) is 2.92. The van der Waals surface area contributed by atoms with Gasteiger partial charge in [-0.05, 0) is 6.58 Å². The lowest BCUT2D eigenvalue weighted by atomic mass is 10.3. The summed E-state index contributed by atoms with van der Waals surface area (Å²) >= 11 is 0. The zero-order valence-electron chi connectivity index (χ0n) is 8.38. The van der Waals surface area contributed by atoms with Crippen molar-refractivity contribution in [3.05, 3.63) is 24.9 Å². The van der Waals surface area contributed by atoms with Crippen molar-refractivity contribution >= 4 is 0 Å². The van der Waals surface area contributed by atoms with E-state index < -0.39 is 29.9 Å². The van der Waals surface area contributed by atoms with Crippen LogP contribution in [-0.2, 0) is 9.47 Å². The summed E-state index contributed by atoms with van der Waals surface area (Å²) in [5.74, 6) is -6.02. The summed E-state index contributed by atoms with van der Waals surface area (Å²) in [5, 5.41) is 0. The molecule has 0 fully saturated rings. The second kappa shape index (κ2) is 4.46. The van der Waals surface area contributed by atoms with Crippen molar-refractivity contribution in [1.29, 1.82) is 0 Å². The first-order valence-electron chi connectivity index (χ1n) is 3.85. The Hall–Kier alpha value is -1.41. The van der Waals surface area contributed by atoms with Crippen molar-refractivity contribution in [1.82, 2.24) is 0 Å². The third-order valence-electron chi connectivity index (χ3n) is 1.45. The van der Waals surface area contributed by atoms with Gasteiger partial charge < -0.3 is 9.47 Å². The van der Waals surface area contributed by atoms with E-state index in [0.717, 1.165) is 0 Å². The van der Waals surface area contributed by atoms with Gasteiger partial charge in [-0.25, -0.2) is 0 Å². The van der Waals surface area contributed by atoms with Gasteiger partial charge in [-0.2, -0.15) is 30.7 Å². The first kappa shape index (κ1) is 15.6. The predicted molar refractivity (Wildman–Crippen MR) is 42.1 cm³/mol. The lowest BCUT2D eigenvalue weighted by molar-refractivity contribution is -0.364. The molecule has 100 valence electrons. The molecule has 9 heteroatoms. The molecule has 0 bridgehead atoms. The van der Waals surface area contributed by atoms with Gasteiger partial charge in [0.2, 0.25) is 0 Å². The Labute approximate surface area is 91.3 Å². The molecule has 1 atom stereocenters. The van der Waals surface area contributed by atoms with Gasteiger partial charge in [-0.3, -0.25) is 0 Å². The predicted octanol–water partition coefficient (Wildman–Crippen LogP) is 3.81. The van der Waals surface area contributed by atoms with E-state index in [1.807, 2.05) is 0 Å². The van der Waals surface area contributed by atoms with E-state index in [1.54, 1.807) is 0 Å². The number of hydrogen-bond donors (Lipinski definition) is 0. The Balaban J connectivity index is 5.11. The van der Waals surface area contributed by atoms with Crippen LogP contribution in [0.1, 0.15) is 6.92 Å². The summed E-state index contributed by atoms with van der Waals surface area (Å²) in [6.45, 7) is 4.66. The van der Waals surface area contributed by atoms with E-state index in [-0.39, 0.29) is 6.92 Å². The lowest BCUT2D eigenvalue weighted by Crippen LogP contribution is -2.47. The molecule has 0 rings (SSSR count). The van der Waals surface area contributed by atoms with E-state index in [0.29, 0.717) is 0 Å². The fourth-order valence-electron chi connectivity index (χ4n) is 0.641. The molecule has 0 N–H and O–H groups in total. The Morgan fingerprint density at radius 2 is 1.35 bits per heavy atom. The van der Waals surface area contributed by atoms with Gasteiger partial charge in [-0.1, -0.05) is 6.58 Å². The first-order valence-corrected chi connectivity index (χ1v) is 3.85. The first-order chi connectivity index (χ1) is 7.29. The van der Waals surface area contributed by atoms with Gasteiger partial charge in [0.15, 0.2) is 5.76 Å². The summed E-state index contributed by atoms with van der Waals surface area (Å²) in [6.07, 6.45) is -10.6. The van der Waals surface area contributed by atoms with Crippen LogP contribution in [0, 0.1) is 0 Å². The van der Waals surface area contributed by atoms with Gasteiger partial charge in [0.25, 0.3) is 6.01 Å². The zero-order chi connectivity index (χ0) is 14.1. The molecule has 2 nitrogen and oxygen atoms in total. The molecule has 17 heavy (non-hydrogen) atoms. The van der Waals surface area contributed by atoms with Crippen molar-refractivity contribution < 1.29 is 40.2 Å². The van der Waals surface area contributed by atoms with Gasteiger partial charge in [0.1, 0.15) is 0 Å². The van der Waals surface area contributed by atoms with Crippen LogP contribution in [0.15, 0.2) is 24.9 Å². The van der Waals surface area contributed by atoms with E-state index in [2.05, 4.69) is 22.6 Å². The molecular formula is C8H7F7O2. The quantitative estimate of drug-likeness (QED) is 0.438. The maximum Gasteiger partial charge on any atom is 0.467 e. The van der Waals surface area contributed by atoms with Gasteiger partial charge >= 0.3 is 18.1 Å². The van der Waals surface area contributed by atoms with Crippen LogP contribution in [0.2, 0.25) is 0 Å². The molecular weight excluding hydrogens is 261 g/mol. The minimum Gasteiger partial charge on any atom is -0.440 e. The largest absolute Gasteiger partial charge is 0.467 e. The third kappa shape index (κ3) is 4.16. The molecule has 0 spiro atoms. The number of alkyl halides is 6. The Morgan fingerprint density at radius 1 is 0.941 bits per heavy atom. The number of allylic oxidation sites excluding steroid dienone is 1. The van der Waals surface area contributed by atoms with E-state index in [1.165, 1.54) is 0 Å². The average molecular weight is 268 g/mol. The molecule has 0 amide bonds. The Morgan fingerprint density at radius 3 is 1.59 bits per heavy atom. The van der Waals surface area contributed by atoms with Crippen molar-refractivity contribution in [2.45, 2.75) is 25.1 Å². The molecule has 0 aromatic carbocycles. The van der Waals surface area contributed by atoms with Crippen molar-refractivity contribution in [3.63, 3.8) is 0 Å². The number of rotatable bonds is 4. The number of hydrogen-bond acceptors (Lipinski definition) is 2. The van der Waals surface area contributed by atoms with Crippen molar-refractivity contribution in [3.8, 4) is 0 Å². The smallest absolute Gasteiger partial charge is 0.440 e. The van der Waals surface area contributed by atoms with Crippen LogP contribution >= 0.6 is 0 Å². The topological polar surface area (TPSA) is 18.5 Å². The Bertz CT molecular complexity index is 317. The summed E-state index contributed by atoms with van der Waals surface area (Å²) < 4.78 is 92.0. The van der Waals surface area contributed by atoms with Gasteiger partial charge in [-0.15, -0.1) is 0 Å². The molecule has 0 aliphatic rings. The number of halogens is 7. The molecule has 0 saturated heterocycles. The average Bonchev–Trinajstić information content (AvgIpc) is 1.97. The molecule has 0 aliphatic carbocycles. The zero-order valence-corrected chi connectivity index (χ0v) is 8.38. The van der Waals surface area contributed by atoms with Crippen LogP contribution in [0.4, 0.5) is 30.7 Å². The van der Waals surface area contributed by atoms with Gasteiger partial charge in [0, 0.05) is 6.92 Å². The third-order valence-corrected chi connectivity index (χ3v) is 1.45. The molecule has 0 aromatic rings. The fourth-order valence-corrected chi connectivity index (χ4v) is 0.641. The van der Waals surface area contributed by atoms with E-state index in [4.69, 9.17) is 0 Å². The fraction of sp³-hybridized carbons (Fsp3) is 0.500. The summed E-state index contributed by atoms with van der Waals surface area (Å²) in [7, 11) is 0. The highest BCUT2D eigenvalue weighted by molar-refractivity contribution is 4.96. The summed E-state index contributed by atoms with van der Waals surface area (Å²) in [4.78, 5) is 0. The maximum atomic E-state index is 12.3. The summed E-state index contributed by atoms with van der Waals surface area (Å²) in [5.41, 5.74) is 0. The van der Waals surface area contributed by atoms with Gasteiger partial charge in [0.05, 0.1) is 0 Å². The van der Waals surface area contributed by atoms with Crippen LogP contribution in [0.5, 0.6) is 0 Å². The highest BCUT2D eigenvalue weighted by atomic mass is 19.4. The maximum absolute atomic E-state index is 12.3. The summed E-state index contributed by atoms with van der Waals surface area (Å²) in [6, 6.07) is -1.94. The van der Waals surface area contributed by atoms with E-state index >= 15 is 0 Å². The minimum absolute atomic E-state index is 0.0642. The van der Waals surface area contributed by atoms with Crippen LogP contribution in [0.3, 0.4) is 0 Å². The van der Waals surface area contributed by atoms with E-state index in [9.17, 15) is 30.7 Å². The van der Waals surface area contributed by atoms with Crippen LogP contribution in [-0.4, -0.2) is 18.1 Å². The molecule has 1 unspecified atom stereocenters. The van der Waals surface area contributed by atoms with Crippen LogP contribution in [0.25, 0.3) is 0 Å². The normalized spacial score (nSPS) is 16.0. The lowest BCUT2D eigenvalue weighted by Gasteiger charge is -2.32. The number of ether oxygens (including phenoxy) is 2. The minimum atomic E-state index is -5.42. The second-order valence-corrected chi connectivity index (χ2v) is 2.92. The monoisotopic (exact) mass is 268 g/mol. The molecule has 0 aliphatic heterocycles. The SMILES string of the molecule is C=C(F)OC(C)(OC(=C)C(F)(F)F)C(F)(F)F. The molecule has 0 heterocycles. The highest BCUT2D eigenvalue weighted by Gasteiger charge is 2.59.